The summed E-state index contributed by atoms with van der Waals surface area (Å²) in [6.07, 6.45) is 0. The molecule has 1 aliphatic heterocycles. The highest BCUT2D eigenvalue weighted by Crippen LogP contribution is 2.33. The van der Waals surface area contributed by atoms with Crippen LogP contribution in [0.2, 0.25) is 0 Å². The van der Waals surface area contributed by atoms with Crippen LogP contribution in [0.15, 0.2) is 41.8 Å². The first-order valence-corrected chi connectivity index (χ1v) is 10.6. The van der Waals surface area contributed by atoms with E-state index < -0.39 is 16.6 Å². The van der Waals surface area contributed by atoms with Gasteiger partial charge in [0.1, 0.15) is 11.6 Å². The monoisotopic (exact) mass is 458 g/mol. The van der Waals surface area contributed by atoms with E-state index in [-0.39, 0.29) is 16.4 Å². The summed E-state index contributed by atoms with van der Waals surface area (Å²) >= 11 is 1.16. The Morgan fingerprint density at radius 2 is 2.06 bits per heavy atom. The van der Waals surface area contributed by atoms with Crippen LogP contribution >= 0.6 is 11.3 Å². The van der Waals surface area contributed by atoms with Crippen molar-refractivity contribution < 1.29 is 23.6 Å². The van der Waals surface area contributed by atoms with E-state index in [4.69, 9.17) is 9.47 Å². The summed E-state index contributed by atoms with van der Waals surface area (Å²) in [6.45, 7) is 2.14. The Bertz CT molecular complexity index is 1160. The number of carbonyl (C=O) groups excluding carboxylic acids is 1. The number of methoxy groups -OCH3 is 1. The van der Waals surface area contributed by atoms with E-state index in [0.717, 1.165) is 11.3 Å². The highest BCUT2D eigenvalue weighted by Gasteiger charge is 2.23. The number of nitro benzene ring substituents is 1. The quantitative estimate of drug-likeness (QED) is 0.440. The number of hydrogen-bond donors (Lipinski definition) is 1. The molecule has 166 valence electrons. The van der Waals surface area contributed by atoms with Crippen LogP contribution in [0.1, 0.15) is 10.4 Å². The molecule has 2 aromatic carbocycles. The van der Waals surface area contributed by atoms with Crippen LogP contribution in [0.25, 0.3) is 11.3 Å². The molecular weight excluding hydrogens is 439 g/mol. The summed E-state index contributed by atoms with van der Waals surface area (Å²) < 4.78 is 24.3. The first kappa shape index (κ1) is 21.7. The number of carbonyl (C=O) groups is 1. The van der Waals surface area contributed by atoms with Crippen molar-refractivity contribution in [3.05, 3.63) is 63.3 Å². The largest absolute Gasteiger partial charge is 0.496 e. The molecule has 0 radical (unpaired) electrons. The third kappa shape index (κ3) is 4.53. The Balaban J connectivity index is 1.62. The third-order valence-corrected chi connectivity index (χ3v) is 5.71. The molecule has 32 heavy (non-hydrogen) atoms. The maximum atomic E-state index is 13.7. The molecule has 0 aliphatic carbocycles. The van der Waals surface area contributed by atoms with Crippen LogP contribution in [0.4, 0.5) is 20.9 Å². The molecule has 0 saturated carbocycles. The molecule has 9 nitrogen and oxygen atoms in total. The van der Waals surface area contributed by atoms with Crippen molar-refractivity contribution in [3.8, 4) is 17.0 Å². The SMILES string of the molecule is COc1ccc(F)cc1-c1csc(NC(=O)c2cc([N+](=O)[O-])ccc2N2CCOCC2)n1. The van der Waals surface area contributed by atoms with Gasteiger partial charge in [-0.2, -0.15) is 0 Å². The maximum Gasteiger partial charge on any atom is 0.270 e. The topological polar surface area (TPSA) is 107 Å². The zero-order valence-corrected chi connectivity index (χ0v) is 17.9. The molecule has 11 heteroatoms. The summed E-state index contributed by atoms with van der Waals surface area (Å²) in [7, 11) is 1.47. The first-order chi connectivity index (χ1) is 15.5. The van der Waals surface area contributed by atoms with Crippen LogP contribution in [0.5, 0.6) is 5.75 Å². The minimum atomic E-state index is -0.544. The van der Waals surface area contributed by atoms with Crippen LogP contribution in [0.3, 0.4) is 0 Å². The lowest BCUT2D eigenvalue weighted by Crippen LogP contribution is -2.37. The number of hydrogen-bond acceptors (Lipinski definition) is 8. The van der Waals surface area contributed by atoms with Crippen LogP contribution in [0, 0.1) is 15.9 Å². The van der Waals surface area contributed by atoms with Crippen LogP contribution in [-0.2, 0) is 4.74 Å². The summed E-state index contributed by atoms with van der Waals surface area (Å²) in [5.41, 5.74) is 1.46. The number of non-ortho nitro benzene ring substituents is 1. The number of anilines is 2. The number of nitrogens with zero attached hydrogens (tertiary/aromatic N) is 3. The second kappa shape index (κ2) is 9.28. The summed E-state index contributed by atoms with van der Waals surface area (Å²) in [4.78, 5) is 30.1. The zero-order valence-electron chi connectivity index (χ0n) is 17.0. The second-order valence-corrected chi connectivity index (χ2v) is 7.75. The van der Waals surface area contributed by atoms with Gasteiger partial charge in [0.2, 0.25) is 0 Å². The average molecular weight is 458 g/mol. The van der Waals surface area contributed by atoms with Gasteiger partial charge in [-0.05, 0) is 24.3 Å². The molecule has 1 aliphatic rings. The average Bonchev–Trinajstić information content (AvgIpc) is 3.27. The second-order valence-electron chi connectivity index (χ2n) is 6.89. The lowest BCUT2D eigenvalue weighted by molar-refractivity contribution is -0.384. The number of thiazole rings is 1. The molecule has 1 fully saturated rings. The van der Waals surface area contributed by atoms with Crippen LogP contribution < -0.4 is 15.0 Å². The van der Waals surface area contributed by atoms with Crippen molar-refractivity contribution in [3.63, 3.8) is 0 Å². The summed E-state index contributed by atoms with van der Waals surface area (Å²) in [6, 6.07) is 8.29. The zero-order chi connectivity index (χ0) is 22.7. The van der Waals surface area contributed by atoms with E-state index in [1.54, 1.807) is 11.4 Å². The molecule has 1 aromatic heterocycles. The van der Waals surface area contributed by atoms with E-state index in [0.29, 0.717) is 49.0 Å². The number of nitro groups is 1. The van der Waals surface area contributed by atoms with E-state index in [1.807, 2.05) is 4.90 Å². The number of ether oxygens (including phenoxy) is 2. The van der Waals surface area contributed by atoms with Gasteiger partial charge in [0.15, 0.2) is 5.13 Å². The van der Waals surface area contributed by atoms with Crippen molar-refractivity contribution in [2.24, 2.45) is 0 Å². The van der Waals surface area contributed by atoms with Gasteiger partial charge in [-0.3, -0.25) is 20.2 Å². The number of amides is 1. The lowest BCUT2D eigenvalue weighted by atomic mass is 10.1. The van der Waals surface area contributed by atoms with Gasteiger partial charge < -0.3 is 14.4 Å². The lowest BCUT2D eigenvalue weighted by Gasteiger charge is -2.30. The fraction of sp³-hybridized carbons (Fsp3) is 0.238. The Kier molecular flexibility index (Phi) is 6.28. The Morgan fingerprint density at radius 3 is 2.78 bits per heavy atom. The molecule has 2 heterocycles. The highest BCUT2D eigenvalue weighted by molar-refractivity contribution is 7.14. The fourth-order valence-corrected chi connectivity index (χ4v) is 4.10. The maximum absolute atomic E-state index is 13.7. The van der Waals surface area contributed by atoms with Crippen molar-refractivity contribution in [2.75, 3.05) is 43.6 Å². The van der Waals surface area contributed by atoms with Gasteiger partial charge in [-0.25, -0.2) is 9.37 Å². The van der Waals surface area contributed by atoms with Crippen molar-refractivity contribution >= 4 is 33.8 Å². The van der Waals surface area contributed by atoms with Crippen LogP contribution in [-0.4, -0.2) is 49.2 Å². The number of benzene rings is 2. The normalized spacial score (nSPS) is 13.6. The molecule has 0 atom stereocenters. The van der Waals surface area contributed by atoms with Gasteiger partial charge in [0.05, 0.1) is 42.2 Å². The number of aromatic nitrogens is 1. The van der Waals surface area contributed by atoms with Gasteiger partial charge in [0, 0.05) is 36.2 Å². The first-order valence-electron chi connectivity index (χ1n) is 9.68. The minimum Gasteiger partial charge on any atom is -0.496 e. The number of nitrogens with one attached hydrogen (secondary N) is 1. The number of rotatable bonds is 6. The van der Waals surface area contributed by atoms with E-state index in [1.165, 1.54) is 37.4 Å². The summed E-state index contributed by atoms with van der Waals surface area (Å²) in [5, 5.41) is 15.9. The fourth-order valence-electron chi connectivity index (χ4n) is 3.40. The summed E-state index contributed by atoms with van der Waals surface area (Å²) in [5.74, 6) is -0.517. The number of halogens is 1. The molecule has 1 saturated heterocycles. The standard InChI is InChI=1S/C21H19FN4O5S/c1-30-19-5-2-13(22)10-15(19)17-12-32-21(23-17)24-20(27)16-11-14(26(28)29)3-4-18(16)25-6-8-31-9-7-25/h2-5,10-12H,6-9H2,1H3,(H,23,24,27). The molecule has 1 amide bonds. The Morgan fingerprint density at radius 1 is 1.28 bits per heavy atom. The number of morpholine rings is 1. The van der Waals surface area contributed by atoms with E-state index >= 15 is 0 Å². The van der Waals surface area contributed by atoms with Gasteiger partial charge in [-0.15, -0.1) is 11.3 Å². The minimum absolute atomic E-state index is 0.168. The van der Waals surface area contributed by atoms with Crippen molar-refractivity contribution in [2.45, 2.75) is 0 Å². The predicted molar refractivity (Wildman–Crippen MR) is 118 cm³/mol. The van der Waals surface area contributed by atoms with Gasteiger partial charge >= 0.3 is 0 Å². The molecule has 0 unspecified atom stereocenters. The molecule has 0 spiro atoms. The predicted octanol–water partition coefficient (Wildman–Crippen LogP) is 3.95. The Labute approximate surface area is 186 Å². The van der Waals surface area contributed by atoms with E-state index in [9.17, 15) is 19.3 Å². The molecule has 1 N–H and O–H groups in total. The molecule has 4 rings (SSSR count). The van der Waals surface area contributed by atoms with Crippen molar-refractivity contribution in [1.82, 2.24) is 4.98 Å². The van der Waals surface area contributed by atoms with Gasteiger partial charge in [-0.1, -0.05) is 0 Å². The van der Waals surface area contributed by atoms with Crippen molar-refractivity contribution in [1.29, 1.82) is 0 Å². The molecule has 3 aromatic rings. The molecular formula is C21H19FN4O5S. The molecule has 0 bridgehead atoms. The third-order valence-electron chi connectivity index (χ3n) is 4.95. The Hall–Kier alpha value is -3.57. The van der Waals surface area contributed by atoms with Gasteiger partial charge in [0.25, 0.3) is 11.6 Å². The van der Waals surface area contributed by atoms with E-state index in [2.05, 4.69) is 10.3 Å². The highest BCUT2D eigenvalue weighted by atomic mass is 32.1. The smallest absolute Gasteiger partial charge is 0.270 e.